The normalized spacial score (nSPS) is 12.1. The van der Waals surface area contributed by atoms with E-state index in [1.807, 2.05) is 24.4 Å². The second-order valence-corrected chi connectivity index (χ2v) is 9.07. The van der Waals surface area contributed by atoms with Gasteiger partial charge < -0.3 is 0 Å². The van der Waals surface area contributed by atoms with Crippen molar-refractivity contribution >= 4 is 15.6 Å². The van der Waals surface area contributed by atoms with Crippen molar-refractivity contribution in [3.05, 3.63) is 102 Å². The Morgan fingerprint density at radius 3 is 2.42 bits per heavy atom. The molecule has 1 heterocycles. The maximum absolute atomic E-state index is 13.0. The summed E-state index contributed by atoms with van der Waals surface area (Å²) in [5, 5.41) is 0. The van der Waals surface area contributed by atoms with E-state index in [0.717, 1.165) is 53.7 Å². The topological polar surface area (TPSA) is 59.1 Å². The van der Waals surface area contributed by atoms with Crippen LogP contribution in [0.2, 0.25) is 0 Å². The number of allylic oxidation sites excluding steroid dienone is 1. The Balaban J connectivity index is 1.66. The van der Waals surface area contributed by atoms with Crippen molar-refractivity contribution in [1.29, 1.82) is 0 Å². The fraction of sp³-hybridized carbons (Fsp3) is 0.240. The highest BCUT2D eigenvalue weighted by atomic mass is 32.2. The van der Waals surface area contributed by atoms with Crippen LogP contribution >= 0.6 is 0 Å². The molecule has 0 bridgehead atoms. The second kappa shape index (κ2) is 11.0. The fourth-order valence-corrected chi connectivity index (χ4v) is 4.28. The summed E-state index contributed by atoms with van der Waals surface area (Å²) in [5.41, 5.74) is 4.38. The zero-order valence-corrected chi connectivity index (χ0v) is 18.4. The standard InChI is InChI=1S/C25H27FN2O2S/c1-2-3-4-7-25(22-6-5-17-27-19-22)21-10-8-20(9-11-21)16-18-28-31(29,30)24-14-12-23(26)13-15-24/h5-15,17,19,28H,2-4,16,18H2,1H3. The molecular weight excluding hydrogens is 411 g/mol. The van der Waals surface area contributed by atoms with Gasteiger partial charge in [-0.3, -0.25) is 4.98 Å². The van der Waals surface area contributed by atoms with E-state index in [2.05, 4.69) is 40.9 Å². The Hall–Kier alpha value is -2.83. The number of benzene rings is 2. The number of hydrogen-bond acceptors (Lipinski definition) is 3. The Bertz CT molecular complexity index is 1090. The van der Waals surface area contributed by atoms with Crippen molar-refractivity contribution < 1.29 is 12.8 Å². The largest absolute Gasteiger partial charge is 0.264 e. The van der Waals surface area contributed by atoms with Gasteiger partial charge in [-0.15, -0.1) is 0 Å². The number of unbranched alkanes of at least 4 members (excludes halogenated alkanes) is 2. The van der Waals surface area contributed by atoms with Gasteiger partial charge in [-0.25, -0.2) is 17.5 Å². The second-order valence-electron chi connectivity index (χ2n) is 7.30. The SMILES string of the molecule is CCCCC=C(c1ccc(CCNS(=O)(=O)c2ccc(F)cc2)cc1)c1cccnc1. The summed E-state index contributed by atoms with van der Waals surface area (Å²) in [4.78, 5) is 4.30. The van der Waals surface area contributed by atoms with Crippen LogP contribution in [0, 0.1) is 5.82 Å². The Morgan fingerprint density at radius 1 is 1.03 bits per heavy atom. The van der Waals surface area contributed by atoms with Gasteiger partial charge in [-0.05, 0) is 59.9 Å². The van der Waals surface area contributed by atoms with Gasteiger partial charge in [0.15, 0.2) is 0 Å². The van der Waals surface area contributed by atoms with E-state index < -0.39 is 15.8 Å². The van der Waals surface area contributed by atoms with Crippen LogP contribution in [0.15, 0.2) is 84.0 Å². The summed E-state index contributed by atoms with van der Waals surface area (Å²) in [6.07, 6.45) is 9.74. The van der Waals surface area contributed by atoms with Crippen molar-refractivity contribution in [3.8, 4) is 0 Å². The third-order valence-corrected chi connectivity index (χ3v) is 6.45. The number of nitrogens with one attached hydrogen (secondary N) is 1. The van der Waals surface area contributed by atoms with Gasteiger partial charge in [0, 0.05) is 24.5 Å². The van der Waals surface area contributed by atoms with E-state index in [4.69, 9.17) is 0 Å². The number of nitrogens with zero attached hydrogens (tertiary/aromatic N) is 1. The molecule has 1 aromatic heterocycles. The summed E-state index contributed by atoms with van der Waals surface area (Å²) in [6.45, 7) is 2.44. The van der Waals surface area contributed by atoms with E-state index in [9.17, 15) is 12.8 Å². The first kappa shape index (κ1) is 22.8. The van der Waals surface area contributed by atoms with E-state index in [1.165, 1.54) is 12.1 Å². The number of pyridine rings is 1. The number of halogens is 1. The molecular formula is C25H27FN2O2S. The van der Waals surface area contributed by atoms with E-state index >= 15 is 0 Å². The molecule has 1 N–H and O–H groups in total. The maximum atomic E-state index is 13.0. The molecule has 0 fully saturated rings. The number of rotatable bonds is 10. The molecule has 0 spiro atoms. The molecule has 31 heavy (non-hydrogen) atoms. The summed E-state index contributed by atoms with van der Waals surface area (Å²) in [6, 6.07) is 17.0. The van der Waals surface area contributed by atoms with Crippen LogP contribution in [0.5, 0.6) is 0 Å². The van der Waals surface area contributed by atoms with Crippen molar-refractivity contribution in [3.63, 3.8) is 0 Å². The number of aromatic nitrogens is 1. The zero-order valence-electron chi connectivity index (χ0n) is 17.6. The Kier molecular flexibility index (Phi) is 8.09. The lowest BCUT2D eigenvalue weighted by Gasteiger charge is -2.10. The fourth-order valence-electron chi connectivity index (χ4n) is 3.25. The van der Waals surface area contributed by atoms with Crippen LogP contribution < -0.4 is 4.72 Å². The smallest absolute Gasteiger partial charge is 0.240 e. The third-order valence-electron chi connectivity index (χ3n) is 4.97. The molecule has 162 valence electrons. The molecule has 3 rings (SSSR count). The molecule has 0 aliphatic heterocycles. The van der Waals surface area contributed by atoms with Crippen LogP contribution in [0.4, 0.5) is 4.39 Å². The molecule has 3 aromatic rings. The van der Waals surface area contributed by atoms with Crippen molar-refractivity contribution in [1.82, 2.24) is 9.71 Å². The molecule has 6 heteroatoms. The summed E-state index contributed by atoms with van der Waals surface area (Å²) >= 11 is 0. The summed E-state index contributed by atoms with van der Waals surface area (Å²) < 4.78 is 40.2. The van der Waals surface area contributed by atoms with Crippen LogP contribution in [-0.4, -0.2) is 19.9 Å². The predicted molar refractivity (Wildman–Crippen MR) is 123 cm³/mol. The highest BCUT2D eigenvalue weighted by molar-refractivity contribution is 7.89. The van der Waals surface area contributed by atoms with Gasteiger partial charge in [-0.2, -0.15) is 0 Å². The van der Waals surface area contributed by atoms with Crippen molar-refractivity contribution in [2.75, 3.05) is 6.54 Å². The molecule has 0 saturated carbocycles. The highest BCUT2D eigenvalue weighted by Crippen LogP contribution is 2.24. The monoisotopic (exact) mass is 438 g/mol. The molecule has 0 amide bonds. The quantitative estimate of drug-likeness (QED) is 0.433. The van der Waals surface area contributed by atoms with Gasteiger partial charge in [0.25, 0.3) is 0 Å². The van der Waals surface area contributed by atoms with Gasteiger partial charge in [0.05, 0.1) is 4.90 Å². The lowest BCUT2D eigenvalue weighted by Crippen LogP contribution is -2.26. The minimum atomic E-state index is -3.65. The first-order chi connectivity index (χ1) is 15.0. The van der Waals surface area contributed by atoms with Crippen molar-refractivity contribution in [2.45, 2.75) is 37.5 Å². The maximum Gasteiger partial charge on any atom is 0.240 e. The van der Waals surface area contributed by atoms with Crippen LogP contribution in [0.25, 0.3) is 5.57 Å². The first-order valence-corrected chi connectivity index (χ1v) is 11.9. The van der Waals surface area contributed by atoms with Crippen LogP contribution in [-0.2, 0) is 16.4 Å². The first-order valence-electron chi connectivity index (χ1n) is 10.4. The van der Waals surface area contributed by atoms with Crippen LogP contribution in [0.3, 0.4) is 0 Å². The molecule has 2 aromatic carbocycles. The molecule has 0 unspecified atom stereocenters. The average molecular weight is 439 g/mol. The summed E-state index contributed by atoms with van der Waals surface area (Å²) in [7, 11) is -3.65. The molecule has 4 nitrogen and oxygen atoms in total. The zero-order chi connectivity index (χ0) is 22.1. The van der Waals surface area contributed by atoms with Crippen molar-refractivity contribution in [2.24, 2.45) is 0 Å². The minimum absolute atomic E-state index is 0.0579. The number of sulfonamides is 1. The van der Waals surface area contributed by atoms with Gasteiger partial charge >= 0.3 is 0 Å². The minimum Gasteiger partial charge on any atom is -0.264 e. The molecule has 0 aliphatic rings. The molecule has 0 radical (unpaired) electrons. The Labute approximate surface area is 183 Å². The lowest BCUT2D eigenvalue weighted by atomic mass is 9.96. The highest BCUT2D eigenvalue weighted by Gasteiger charge is 2.13. The molecule has 0 aliphatic carbocycles. The predicted octanol–water partition coefficient (Wildman–Crippen LogP) is 5.36. The lowest BCUT2D eigenvalue weighted by molar-refractivity contribution is 0.580. The molecule has 0 saturated heterocycles. The van der Waals surface area contributed by atoms with Gasteiger partial charge in [0.1, 0.15) is 5.82 Å². The van der Waals surface area contributed by atoms with Gasteiger partial charge in [-0.1, -0.05) is 56.2 Å². The van der Waals surface area contributed by atoms with E-state index in [-0.39, 0.29) is 11.4 Å². The van der Waals surface area contributed by atoms with Crippen LogP contribution in [0.1, 0.15) is 42.9 Å². The molecule has 0 atom stereocenters. The third kappa shape index (κ3) is 6.57. The summed E-state index contributed by atoms with van der Waals surface area (Å²) in [5.74, 6) is -0.464. The van der Waals surface area contributed by atoms with Gasteiger partial charge in [0.2, 0.25) is 10.0 Å². The van der Waals surface area contributed by atoms with E-state index in [0.29, 0.717) is 6.42 Å². The number of hydrogen-bond donors (Lipinski definition) is 1. The Morgan fingerprint density at radius 2 is 1.77 bits per heavy atom. The van der Waals surface area contributed by atoms with E-state index in [1.54, 1.807) is 6.20 Å². The average Bonchev–Trinajstić information content (AvgIpc) is 2.78.